The van der Waals surface area contributed by atoms with Crippen LogP contribution >= 0.6 is 11.3 Å². The number of carbonyl (C=O) groups is 1. The summed E-state index contributed by atoms with van der Waals surface area (Å²) in [6, 6.07) is 7.96. The lowest BCUT2D eigenvalue weighted by molar-refractivity contribution is -0.132. The molecule has 0 aliphatic carbocycles. The first-order valence-electron chi connectivity index (χ1n) is 9.02. The van der Waals surface area contributed by atoms with Gasteiger partial charge in [0, 0.05) is 68.5 Å². The molecule has 138 valence electrons. The zero-order chi connectivity index (χ0) is 18.5. The van der Waals surface area contributed by atoms with Crippen LogP contribution in [0.1, 0.15) is 11.3 Å². The number of aromatic nitrogens is 3. The zero-order valence-corrected chi connectivity index (χ0v) is 15.8. The zero-order valence-electron chi connectivity index (χ0n) is 15.0. The minimum absolute atomic E-state index is 0.154. The molecule has 0 radical (unpaired) electrons. The molecule has 0 spiro atoms. The fourth-order valence-corrected chi connectivity index (χ4v) is 3.99. The largest absolute Gasteiger partial charge is 0.340 e. The van der Waals surface area contributed by atoms with Gasteiger partial charge in [-0.25, -0.2) is 4.98 Å². The van der Waals surface area contributed by atoms with E-state index in [1.54, 1.807) is 23.7 Å². The lowest BCUT2D eigenvalue weighted by Gasteiger charge is -2.34. The van der Waals surface area contributed by atoms with Crippen molar-refractivity contribution in [2.75, 3.05) is 26.2 Å². The van der Waals surface area contributed by atoms with Gasteiger partial charge in [-0.05, 0) is 29.8 Å². The molecule has 3 aromatic rings. The molecule has 3 aromatic heterocycles. The minimum Gasteiger partial charge on any atom is -0.340 e. The number of amides is 1. The first-order chi connectivity index (χ1) is 13.3. The lowest BCUT2D eigenvalue weighted by Crippen LogP contribution is -2.48. The van der Waals surface area contributed by atoms with Crippen molar-refractivity contribution in [1.29, 1.82) is 0 Å². The topological polar surface area (TPSA) is 62.2 Å². The van der Waals surface area contributed by atoms with Crippen LogP contribution in [0.5, 0.6) is 0 Å². The summed E-state index contributed by atoms with van der Waals surface area (Å²) in [7, 11) is 0. The summed E-state index contributed by atoms with van der Waals surface area (Å²) in [4.78, 5) is 29.7. The maximum absolute atomic E-state index is 12.6. The number of hydrogen-bond donors (Lipinski definition) is 0. The van der Waals surface area contributed by atoms with Gasteiger partial charge in [0.05, 0.1) is 12.1 Å². The van der Waals surface area contributed by atoms with Crippen LogP contribution in [0.2, 0.25) is 0 Å². The van der Waals surface area contributed by atoms with Gasteiger partial charge in [0.2, 0.25) is 5.91 Å². The van der Waals surface area contributed by atoms with E-state index < -0.39 is 0 Å². The normalized spacial score (nSPS) is 15.0. The average Bonchev–Trinajstić information content (AvgIpc) is 3.18. The van der Waals surface area contributed by atoms with E-state index in [0.29, 0.717) is 6.42 Å². The molecule has 1 fully saturated rings. The summed E-state index contributed by atoms with van der Waals surface area (Å²) in [5.41, 5.74) is 3.09. The van der Waals surface area contributed by atoms with Gasteiger partial charge in [-0.3, -0.25) is 19.7 Å². The molecule has 4 heterocycles. The first kappa shape index (κ1) is 17.8. The fraction of sp³-hybridized carbons (Fsp3) is 0.300. The summed E-state index contributed by atoms with van der Waals surface area (Å²) in [5, 5.41) is 2.88. The molecule has 1 aliphatic rings. The summed E-state index contributed by atoms with van der Waals surface area (Å²) >= 11 is 1.56. The third kappa shape index (κ3) is 4.56. The molecular formula is C20H21N5OS. The number of nitrogens with zero attached hydrogens (tertiary/aromatic N) is 5. The summed E-state index contributed by atoms with van der Waals surface area (Å²) in [5.74, 6) is 0.154. The van der Waals surface area contributed by atoms with Crippen molar-refractivity contribution in [2.24, 2.45) is 0 Å². The number of hydrogen-bond acceptors (Lipinski definition) is 6. The van der Waals surface area contributed by atoms with Crippen molar-refractivity contribution in [3.05, 3.63) is 65.7 Å². The predicted octanol–water partition coefficient (Wildman–Crippen LogP) is 2.49. The van der Waals surface area contributed by atoms with Gasteiger partial charge in [-0.2, -0.15) is 0 Å². The van der Waals surface area contributed by atoms with Gasteiger partial charge < -0.3 is 4.90 Å². The van der Waals surface area contributed by atoms with Crippen LogP contribution in [-0.2, 0) is 17.8 Å². The molecule has 7 heteroatoms. The number of piperazine rings is 1. The smallest absolute Gasteiger partial charge is 0.228 e. The fourth-order valence-electron chi connectivity index (χ4n) is 3.18. The summed E-state index contributed by atoms with van der Waals surface area (Å²) in [6.45, 7) is 4.23. The second kappa shape index (κ2) is 8.37. The Bertz CT molecular complexity index is 876. The van der Waals surface area contributed by atoms with E-state index in [2.05, 4.69) is 19.9 Å². The molecule has 0 unspecified atom stereocenters. The highest BCUT2D eigenvalue weighted by Crippen LogP contribution is 2.23. The highest BCUT2D eigenvalue weighted by molar-refractivity contribution is 7.13. The van der Waals surface area contributed by atoms with E-state index in [1.165, 1.54) is 5.56 Å². The van der Waals surface area contributed by atoms with Crippen LogP contribution in [0, 0.1) is 0 Å². The molecule has 4 rings (SSSR count). The van der Waals surface area contributed by atoms with Gasteiger partial charge in [0.1, 0.15) is 5.01 Å². The van der Waals surface area contributed by atoms with Crippen LogP contribution in [0.15, 0.2) is 54.4 Å². The van der Waals surface area contributed by atoms with E-state index in [9.17, 15) is 4.79 Å². The van der Waals surface area contributed by atoms with Gasteiger partial charge in [-0.1, -0.05) is 0 Å². The Labute approximate surface area is 162 Å². The highest BCUT2D eigenvalue weighted by Gasteiger charge is 2.22. The van der Waals surface area contributed by atoms with E-state index in [1.807, 2.05) is 46.9 Å². The third-order valence-electron chi connectivity index (χ3n) is 4.67. The number of pyridine rings is 2. The molecular weight excluding hydrogens is 358 g/mol. The van der Waals surface area contributed by atoms with Gasteiger partial charge >= 0.3 is 0 Å². The van der Waals surface area contributed by atoms with Crippen molar-refractivity contribution >= 4 is 17.2 Å². The van der Waals surface area contributed by atoms with E-state index >= 15 is 0 Å². The Morgan fingerprint density at radius 3 is 2.59 bits per heavy atom. The van der Waals surface area contributed by atoms with E-state index in [4.69, 9.17) is 0 Å². The van der Waals surface area contributed by atoms with Gasteiger partial charge in [-0.15, -0.1) is 11.3 Å². The van der Waals surface area contributed by atoms with Crippen LogP contribution in [0.25, 0.3) is 10.6 Å². The number of rotatable bonds is 5. The number of carbonyl (C=O) groups excluding carboxylic acids is 1. The van der Waals surface area contributed by atoms with E-state index in [-0.39, 0.29) is 5.91 Å². The molecule has 6 nitrogen and oxygen atoms in total. The molecule has 1 saturated heterocycles. The second-order valence-corrected chi connectivity index (χ2v) is 7.43. The van der Waals surface area contributed by atoms with Crippen molar-refractivity contribution in [1.82, 2.24) is 24.8 Å². The summed E-state index contributed by atoms with van der Waals surface area (Å²) in [6.07, 6.45) is 7.55. The standard InChI is InChI=1S/C20H21N5OS/c26-19(12-18-15-27-20(23-18)17-2-1-5-22-13-17)25-10-8-24(9-11-25)14-16-3-6-21-7-4-16/h1-7,13,15H,8-12,14H2. The molecule has 0 saturated carbocycles. The minimum atomic E-state index is 0.154. The molecule has 27 heavy (non-hydrogen) atoms. The molecule has 0 N–H and O–H groups in total. The van der Waals surface area contributed by atoms with Crippen molar-refractivity contribution < 1.29 is 4.79 Å². The highest BCUT2D eigenvalue weighted by atomic mass is 32.1. The molecule has 1 aliphatic heterocycles. The first-order valence-corrected chi connectivity index (χ1v) is 9.90. The molecule has 0 atom stereocenters. The van der Waals surface area contributed by atoms with Crippen LogP contribution in [-0.4, -0.2) is 56.8 Å². The number of thiazole rings is 1. The Kier molecular flexibility index (Phi) is 5.50. The van der Waals surface area contributed by atoms with Crippen molar-refractivity contribution in [3.63, 3.8) is 0 Å². The van der Waals surface area contributed by atoms with Crippen LogP contribution in [0.4, 0.5) is 0 Å². The second-order valence-electron chi connectivity index (χ2n) is 6.57. The Hall–Kier alpha value is -2.64. The molecule has 1 amide bonds. The van der Waals surface area contributed by atoms with Gasteiger partial charge in [0.25, 0.3) is 0 Å². The SMILES string of the molecule is O=C(Cc1csc(-c2cccnc2)n1)N1CCN(Cc2ccncc2)CC1. The maximum atomic E-state index is 12.6. The van der Waals surface area contributed by atoms with Crippen molar-refractivity contribution in [3.8, 4) is 10.6 Å². The lowest BCUT2D eigenvalue weighted by atomic mass is 10.2. The summed E-state index contributed by atoms with van der Waals surface area (Å²) < 4.78 is 0. The van der Waals surface area contributed by atoms with Crippen LogP contribution in [0.3, 0.4) is 0 Å². The quantitative estimate of drug-likeness (QED) is 0.682. The molecule has 0 aromatic carbocycles. The Morgan fingerprint density at radius 2 is 1.85 bits per heavy atom. The molecule has 0 bridgehead atoms. The Balaban J connectivity index is 1.29. The van der Waals surface area contributed by atoms with Gasteiger partial charge in [0.15, 0.2) is 0 Å². The monoisotopic (exact) mass is 379 g/mol. The third-order valence-corrected chi connectivity index (χ3v) is 5.61. The van der Waals surface area contributed by atoms with Crippen molar-refractivity contribution in [2.45, 2.75) is 13.0 Å². The van der Waals surface area contributed by atoms with Crippen LogP contribution < -0.4 is 0 Å². The predicted molar refractivity (Wildman–Crippen MR) is 105 cm³/mol. The average molecular weight is 379 g/mol. The van der Waals surface area contributed by atoms with E-state index in [0.717, 1.165) is 49.0 Å². The Morgan fingerprint density at radius 1 is 1.04 bits per heavy atom. The maximum Gasteiger partial charge on any atom is 0.228 e.